The van der Waals surface area contributed by atoms with E-state index in [-0.39, 0.29) is 11.3 Å². The fraction of sp³-hybridized carbons (Fsp3) is 0.471. The lowest BCUT2D eigenvalue weighted by atomic mass is 9.65. The molecule has 1 aliphatic carbocycles. The molecule has 2 atom stereocenters. The number of carboxylic acid groups (broad SMARTS) is 1. The van der Waals surface area contributed by atoms with Crippen molar-refractivity contribution < 1.29 is 9.90 Å². The van der Waals surface area contributed by atoms with Gasteiger partial charge >= 0.3 is 0 Å². The summed E-state index contributed by atoms with van der Waals surface area (Å²) in [5.74, 6) is -0.649. The molecular weight excluding hydrogens is 236 g/mol. The van der Waals surface area contributed by atoms with E-state index in [1.807, 2.05) is 39.0 Å². The molecule has 102 valence electrons. The zero-order chi connectivity index (χ0) is 14.1. The number of aliphatic carboxylic acids is 1. The van der Waals surface area contributed by atoms with Crippen molar-refractivity contribution in [3.8, 4) is 0 Å². The zero-order valence-corrected chi connectivity index (χ0v) is 11.8. The molecule has 0 spiro atoms. The van der Waals surface area contributed by atoms with Crippen molar-refractivity contribution >= 4 is 12.0 Å². The van der Waals surface area contributed by atoms with Gasteiger partial charge in [-0.25, -0.2) is 0 Å². The number of carboxylic acids is 1. The summed E-state index contributed by atoms with van der Waals surface area (Å²) in [5, 5.41) is 11.4. The first kappa shape index (κ1) is 13.9. The Morgan fingerprint density at radius 3 is 2.42 bits per heavy atom. The van der Waals surface area contributed by atoms with Crippen molar-refractivity contribution in [2.45, 2.75) is 33.6 Å². The van der Waals surface area contributed by atoms with E-state index in [1.165, 1.54) is 0 Å². The van der Waals surface area contributed by atoms with Gasteiger partial charge in [-0.05, 0) is 29.7 Å². The maximum Gasteiger partial charge on any atom is 0.0479 e. The van der Waals surface area contributed by atoms with Crippen molar-refractivity contribution in [1.29, 1.82) is 0 Å². The molecule has 0 heterocycles. The van der Waals surface area contributed by atoms with Gasteiger partial charge in [-0.2, -0.15) is 0 Å². The first-order valence-electron chi connectivity index (χ1n) is 6.82. The molecule has 0 saturated heterocycles. The van der Waals surface area contributed by atoms with Crippen LogP contribution in [0.5, 0.6) is 0 Å². The van der Waals surface area contributed by atoms with Crippen molar-refractivity contribution in [3.63, 3.8) is 0 Å². The summed E-state index contributed by atoms with van der Waals surface area (Å²) >= 11 is 0. The average molecular weight is 257 g/mol. The molecule has 1 aromatic carbocycles. The average Bonchev–Trinajstić information content (AvgIpc) is 2.61. The van der Waals surface area contributed by atoms with E-state index < -0.39 is 11.4 Å². The summed E-state index contributed by atoms with van der Waals surface area (Å²) in [5.41, 5.74) is 0.135. The smallest absolute Gasteiger partial charge is 0.0479 e. The number of carbonyl (C=O) groups is 1. The molecule has 1 fully saturated rings. The Morgan fingerprint density at radius 1 is 1.26 bits per heavy atom. The molecule has 0 amide bonds. The third-order valence-corrected chi connectivity index (χ3v) is 5.08. The maximum atomic E-state index is 11.4. The largest absolute Gasteiger partial charge is 0.550 e. The molecule has 1 aliphatic rings. The van der Waals surface area contributed by atoms with Gasteiger partial charge < -0.3 is 9.90 Å². The molecule has 2 rings (SSSR count). The molecule has 0 unspecified atom stereocenters. The van der Waals surface area contributed by atoms with E-state index in [9.17, 15) is 9.90 Å². The summed E-state index contributed by atoms with van der Waals surface area (Å²) in [6, 6.07) is 10.1. The van der Waals surface area contributed by atoms with E-state index in [1.54, 1.807) is 0 Å². The van der Waals surface area contributed by atoms with Crippen LogP contribution in [0.4, 0.5) is 0 Å². The Balaban J connectivity index is 2.20. The van der Waals surface area contributed by atoms with Crippen molar-refractivity contribution in [1.82, 2.24) is 0 Å². The second kappa shape index (κ2) is 4.84. The highest BCUT2D eigenvalue weighted by Gasteiger charge is 2.51. The summed E-state index contributed by atoms with van der Waals surface area (Å²) in [4.78, 5) is 11.4. The third-order valence-electron chi connectivity index (χ3n) is 5.08. The van der Waals surface area contributed by atoms with Crippen LogP contribution in [0.25, 0.3) is 6.08 Å². The Kier molecular flexibility index (Phi) is 3.53. The molecule has 1 aromatic rings. The molecule has 2 nitrogen and oxygen atoms in total. The summed E-state index contributed by atoms with van der Waals surface area (Å²) in [6.45, 7) is 5.89. The van der Waals surface area contributed by atoms with Gasteiger partial charge in [0.05, 0.1) is 0 Å². The maximum absolute atomic E-state index is 11.4. The van der Waals surface area contributed by atoms with E-state index in [4.69, 9.17) is 0 Å². The Hall–Kier alpha value is -1.57. The van der Waals surface area contributed by atoms with Gasteiger partial charge in [0.15, 0.2) is 0 Å². The normalized spacial score (nSPS) is 29.7. The molecule has 0 bridgehead atoms. The van der Waals surface area contributed by atoms with Crippen LogP contribution in [0.2, 0.25) is 0 Å². The Bertz CT molecular complexity index is 487. The van der Waals surface area contributed by atoms with Crippen LogP contribution in [0.3, 0.4) is 0 Å². The van der Waals surface area contributed by atoms with Crippen LogP contribution < -0.4 is 5.11 Å². The molecule has 0 aromatic heterocycles. The minimum Gasteiger partial charge on any atom is -0.550 e. The molecule has 1 saturated carbocycles. The van der Waals surface area contributed by atoms with Crippen LogP contribution in [0.1, 0.15) is 39.2 Å². The van der Waals surface area contributed by atoms with E-state index in [2.05, 4.69) is 24.3 Å². The topological polar surface area (TPSA) is 40.1 Å². The Morgan fingerprint density at radius 2 is 1.89 bits per heavy atom. The lowest BCUT2D eigenvalue weighted by Crippen LogP contribution is -2.47. The monoisotopic (exact) mass is 257 g/mol. The molecular formula is C17H21O2-. The summed E-state index contributed by atoms with van der Waals surface area (Å²) in [6.07, 6.45) is 5.84. The number of hydrogen-bond donors (Lipinski definition) is 0. The number of benzene rings is 1. The van der Waals surface area contributed by atoms with Gasteiger partial charge in [-0.3, -0.25) is 0 Å². The summed E-state index contributed by atoms with van der Waals surface area (Å²) in [7, 11) is 0. The standard InChI is InChI=1S/C17H22O2/c1-16(2)14(11-12-17(16,3)15(18)19)10-9-13-7-5-4-6-8-13/h4-10,14H,11-12H2,1-3H3,(H,18,19)/p-1/b10-9-/t14-,17-/m1/s1. The number of carbonyl (C=O) groups excluding carboxylic acids is 1. The number of hydrogen-bond acceptors (Lipinski definition) is 2. The van der Waals surface area contributed by atoms with Crippen molar-refractivity contribution in [2.75, 3.05) is 0 Å². The minimum absolute atomic E-state index is 0.274. The Labute approximate surface area is 115 Å². The van der Waals surface area contributed by atoms with E-state index in [0.29, 0.717) is 6.42 Å². The SMILES string of the molecule is CC1(C)[C@H](/C=C\c2ccccc2)CC[C@]1(C)C(=O)[O-]. The highest BCUT2D eigenvalue weighted by atomic mass is 16.4. The fourth-order valence-corrected chi connectivity index (χ4v) is 3.03. The van der Waals surface area contributed by atoms with Crippen LogP contribution in [0, 0.1) is 16.7 Å². The lowest BCUT2D eigenvalue weighted by Gasteiger charge is -2.41. The predicted molar refractivity (Wildman–Crippen MR) is 75.1 cm³/mol. The van der Waals surface area contributed by atoms with Crippen molar-refractivity contribution in [2.24, 2.45) is 16.7 Å². The van der Waals surface area contributed by atoms with E-state index in [0.717, 1.165) is 12.0 Å². The van der Waals surface area contributed by atoms with E-state index >= 15 is 0 Å². The molecule has 0 radical (unpaired) electrons. The second-order valence-electron chi connectivity index (χ2n) is 6.26. The highest BCUT2D eigenvalue weighted by Crippen LogP contribution is 2.56. The first-order valence-corrected chi connectivity index (χ1v) is 6.82. The number of allylic oxidation sites excluding steroid dienone is 1. The van der Waals surface area contributed by atoms with Gasteiger partial charge in [0.25, 0.3) is 0 Å². The second-order valence-corrected chi connectivity index (χ2v) is 6.26. The van der Waals surface area contributed by atoms with Crippen LogP contribution >= 0.6 is 0 Å². The van der Waals surface area contributed by atoms with Crippen molar-refractivity contribution in [3.05, 3.63) is 42.0 Å². The van der Waals surface area contributed by atoms with Crippen LogP contribution in [0.15, 0.2) is 36.4 Å². The number of rotatable bonds is 3. The van der Waals surface area contributed by atoms with Gasteiger partial charge in [0.1, 0.15) is 0 Å². The zero-order valence-electron chi connectivity index (χ0n) is 11.8. The minimum atomic E-state index is -0.923. The van der Waals surface area contributed by atoms with Crippen LogP contribution in [-0.4, -0.2) is 5.97 Å². The van der Waals surface area contributed by atoms with Gasteiger partial charge in [-0.15, -0.1) is 0 Å². The molecule has 19 heavy (non-hydrogen) atoms. The lowest BCUT2D eigenvalue weighted by molar-refractivity contribution is -0.323. The first-order chi connectivity index (χ1) is 8.88. The van der Waals surface area contributed by atoms with Crippen LogP contribution in [-0.2, 0) is 4.79 Å². The van der Waals surface area contributed by atoms with Gasteiger partial charge in [-0.1, -0.05) is 63.3 Å². The quantitative estimate of drug-likeness (QED) is 0.835. The predicted octanol–water partition coefficient (Wildman–Crippen LogP) is 2.89. The van der Waals surface area contributed by atoms with Gasteiger partial charge in [0.2, 0.25) is 0 Å². The molecule has 0 N–H and O–H groups in total. The third kappa shape index (κ3) is 2.32. The highest BCUT2D eigenvalue weighted by molar-refractivity contribution is 5.74. The summed E-state index contributed by atoms with van der Waals surface area (Å²) < 4.78 is 0. The molecule has 2 heteroatoms. The fourth-order valence-electron chi connectivity index (χ4n) is 3.03. The molecule has 0 aliphatic heterocycles. The van der Waals surface area contributed by atoms with Gasteiger partial charge in [0, 0.05) is 11.4 Å².